The number of benzene rings is 2. The molecule has 10 heteroatoms. The summed E-state index contributed by atoms with van der Waals surface area (Å²) in [5.74, 6) is 4.05. The lowest BCUT2D eigenvalue weighted by Crippen LogP contribution is -2.15. The van der Waals surface area contributed by atoms with Gasteiger partial charge in [-0.05, 0) is 36.8 Å². The monoisotopic (exact) mass is 467 g/mol. The average molecular weight is 468 g/mol. The first-order valence-corrected chi connectivity index (χ1v) is 11.5. The van der Waals surface area contributed by atoms with E-state index in [1.165, 1.54) is 6.07 Å². The van der Waals surface area contributed by atoms with Crippen molar-refractivity contribution >= 4 is 26.7 Å². The number of hydrogen-bond acceptors (Lipinski definition) is 5. The maximum absolute atomic E-state index is 15.1. The van der Waals surface area contributed by atoms with E-state index in [1.54, 1.807) is 22.9 Å². The molecule has 2 aromatic carbocycles. The van der Waals surface area contributed by atoms with Crippen LogP contribution in [0.1, 0.15) is 18.2 Å². The summed E-state index contributed by atoms with van der Waals surface area (Å²) in [6, 6.07) is 11.8. The fourth-order valence-electron chi connectivity index (χ4n) is 3.37. The summed E-state index contributed by atoms with van der Waals surface area (Å²) < 4.78 is 57.6. The van der Waals surface area contributed by atoms with E-state index in [-0.39, 0.29) is 12.4 Å². The van der Waals surface area contributed by atoms with Crippen molar-refractivity contribution in [1.82, 2.24) is 14.8 Å². The first-order chi connectivity index (χ1) is 15.8. The molecule has 2 aromatic heterocycles. The van der Waals surface area contributed by atoms with Crippen molar-refractivity contribution in [3.63, 3.8) is 0 Å². The van der Waals surface area contributed by atoms with Gasteiger partial charge in [-0.3, -0.25) is 4.72 Å². The van der Waals surface area contributed by atoms with Crippen LogP contribution in [0.2, 0.25) is 0 Å². The SMILES string of the molecule is CCc1nn(-c2ccccc2C#CCN)c2cc(F)c(S(=O)(=O)Nc3ccc(F)cn3)cc12. The molecule has 0 aliphatic heterocycles. The lowest BCUT2D eigenvalue weighted by molar-refractivity contribution is 0.571. The Bertz CT molecular complexity index is 1500. The number of fused-ring (bicyclic) bond motifs is 1. The molecule has 0 bridgehead atoms. The van der Waals surface area contributed by atoms with Gasteiger partial charge in [0.25, 0.3) is 10.0 Å². The van der Waals surface area contributed by atoms with Gasteiger partial charge < -0.3 is 5.73 Å². The number of aromatic nitrogens is 3. The van der Waals surface area contributed by atoms with Crippen LogP contribution in [0, 0.1) is 23.5 Å². The van der Waals surface area contributed by atoms with E-state index in [2.05, 4.69) is 26.6 Å². The van der Waals surface area contributed by atoms with Crippen LogP contribution < -0.4 is 10.5 Å². The molecule has 0 amide bonds. The van der Waals surface area contributed by atoms with Crippen molar-refractivity contribution in [2.75, 3.05) is 11.3 Å². The van der Waals surface area contributed by atoms with E-state index in [0.29, 0.717) is 34.3 Å². The second kappa shape index (κ2) is 8.97. The minimum atomic E-state index is -4.33. The molecule has 0 radical (unpaired) electrons. The number of nitrogens with one attached hydrogen (secondary N) is 1. The predicted octanol–water partition coefficient (Wildman–Crippen LogP) is 3.37. The van der Waals surface area contributed by atoms with E-state index in [1.807, 2.05) is 13.0 Å². The summed E-state index contributed by atoms with van der Waals surface area (Å²) in [6.45, 7) is 2.05. The molecule has 7 nitrogen and oxygen atoms in total. The molecule has 168 valence electrons. The summed E-state index contributed by atoms with van der Waals surface area (Å²) in [6.07, 6.45) is 1.35. The summed E-state index contributed by atoms with van der Waals surface area (Å²) in [5.41, 5.74) is 7.74. The van der Waals surface area contributed by atoms with E-state index in [9.17, 15) is 12.8 Å². The largest absolute Gasteiger partial charge is 0.320 e. The van der Waals surface area contributed by atoms with Crippen LogP contribution in [-0.2, 0) is 16.4 Å². The molecular formula is C23H19F2N5O2S. The Kier molecular flexibility index (Phi) is 6.09. The van der Waals surface area contributed by atoms with Crippen LogP contribution in [0.3, 0.4) is 0 Å². The number of aryl methyl sites for hydroxylation is 1. The Hall–Kier alpha value is -3.81. The van der Waals surface area contributed by atoms with Crippen molar-refractivity contribution in [3.8, 4) is 17.5 Å². The summed E-state index contributed by atoms with van der Waals surface area (Å²) in [5, 5.41) is 5.07. The Morgan fingerprint density at radius 3 is 2.64 bits per heavy atom. The molecule has 0 saturated carbocycles. The number of hydrogen-bond donors (Lipinski definition) is 2. The topological polar surface area (TPSA) is 103 Å². The second-order valence-electron chi connectivity index (χ2n) is 7.00. The molecule has 2 heterocycles. The van der Waals surface area contributed by atoms with Crippen LogP contribution in [0.15, 0.2) is 59.6 Å². The van der Waals surface area contributed by atoms with Crippen molar-refractivity contribution < 1.29 is 17.2 Å². The van der Waals surface area contributed by atoms with E-state index in [0.717, 1.165) is 24.4 Å². The van der Waals surface area contributed by atoms with Crippen LogP contribution in [-0.4, -0.2) is 29.7 Å². The smallest absolute Gasteiger partial charge is 0.265 e. The molecule has 3 N–H and O–H groups in total. The number of anilines is 1. The highest BCUT2D eigenvalue weighted by Crippen LogP contribution is 2.29. The molecule has 0 atom stereocenters. The normalized spacial score (nSPS) is 11.3. The minimum Gasteiger partial charge on any atom is -0.320 e. The molecule has 4 aromatic rings. The molecule has 0 fully saturated rings. The van der Waals surface area contributed by atoms with E-state index >= 15 is 4.39 Å². The van der Waals surface area contributed by atoms with E-state index in [4.69, 9.17) is 5.73 Å². The number of nitrogens with zero attached hydrogens (tertiary/aromatic N) is 3. The van der Waals surface area contributed by atoms with Crippen molar-refractivity contribution in [2.24, 2.45) is 5.73 Å². The zero-order valence-electron chi connectivity index (χ0n) is 17.5. The van der Waals surface area contributed by atoms with Crippen LogP contribution in [0.5, 0.6) is 0 Å². The van der Waals surface area contributed by atoms with Crippen molar-refractivity contribution in [1.29, 1.82) is 0 Å². The lowest BCUT2D eigenvalue weighted by Gasteiger charge is -2.10. The first-order valence-electron chi connectivity index (χ1n) is 9.98. The third-order valence-electron chi connectivity index (χ3n) is 4.86. The van der Waals surface area contributed by atoms with E-state index < -0.39 is 26.6 Å². The van der Waals surface area contributed by atoms with Gasteiger partial charge in [-0.15, -0.1) is 0 Å². The third-order valence-corrected chi connectivity index (χ3v) is 6.23. The quantitative estimate of drug-likeness (QED) is 0.438. The van der Waals surface area contributed by atoms with Gasteiger partial charge in [-0.2, -0.15) is 5.10 Å². The van der Waals surface area contributed by atoms with Gasteiger partial charge in [0, 0.05) is 11.5 Å². The first kappa shape index (κ1) is 22.4. The zero-order valence-corrected chi connectivity index (χ0v) is 18.3. The Morgan fingerprint density at radius 2 is 1.94 bits per heavy atom. The Morgan fingerprint density at radius 1 is 1.15 bits per heavy atom. The van der Waals surface area contributed by atoms with Gasteiger partial charge in [0.2, 0.25) is 0 Å². The number of para-hydroxylation sites is 1. The van der Waals surface area contributed by atoms with Gasteiger partial charge in [0.15, 0.2) is 0 Å². The molecule has 0 spiro atoms. The zero-order chi connectivity index (χ0) is 23.6. The highest BCUT2D eigenvalue weighted by Gasteiger charge is 2.24. The fourth-order valence-corrected chi connectivity index (χ4v) is 4.46. The predicted molar refractivity (Wildman–Crippen MR) is 121 cm³/mol. The molecule has 0 saturated heterocycles. The van der Waals surface area contributed by atoms with Gasteiger partial charge >= 0.3 is 0 Å². The van der Waals surface area contributed by atoms with Crippen LogP contribution in [0.4, 0.5) is 14.6 Å². The second-order valence-corrected chi connectivity index (χ2v) is 8.65. The third kappa shape index (κ3) is 4.41. The van der Waals surface area contributed by atoms with Crippen LogP contribution >= 0.6 is 0 Å². The van der Waals surface area contributed by atoms with Gasteiger partial charge in [-0.1, -0.05) is 30.9 Å². The fraction of sp³-hybridized carbons (Fsp3) is 0.130. The number of nitrogens with two attached hydrogens (primary N) is 1. The van der Waals surface area contributed by atoms with Crippen LogP contribution in [0.25, 0.3) is 16.6 Å². The Balaban J connectivity index is 1.86. The standard InChI is InChI=1S/C23H19F2N5O2S/c1-2-19-17-12-22(33(31,32)29-23-10-9-16(24)14-27-23)18(25)13-21(17)30(28-19)20-8-4-3-6-15(20)7-5-11-26/h3-4,6,8-10,12-14H,2,11,26H2,1H3,(H,27,29). The summed E-state index contributed by atoms with van der Waals surface area (Å²) in [7, 11) is -4.33. The van der Waals surface area contributed by atoms with Gasteiger partial charge in [0.05, 0.1) is 35.2 Å². The average Bonchev–Trinajstić information content (AvgIpc) is 3.16. The highest BCUT2D eigenvalue weighted by atomic mass is 32.2. The number of halogens is 2. The van der Waals surface area contributed by atoms with Gasteiger partial charge in [0.1, 0.15) is 22.3 Å². The molecule has 0 unspecified atom stereocenters. The Labute approximate surface area is 189 Å². The van der Waals surface area contributed by atoms with Crippen molar-refractivity contribution in [3.05, 3.63) is 77.6 Å². The number of rotatable bonds is 5. The lowest BCUT2D eigenvalue weighted by atomic mass is 10.1. The highest BCUT2D eigenvalue weighted by molar-refractivity contribution is 7.92. The summed E-state index contributed by atoms with van der Waals surface area (Å²) >= 11 is 0. The molecule has 0 aliphatic rings. The maximum Gasteiger partial charge on any atom is 0.265 e. The minimum absolute atomic E-state index is 0.130. The molecular weight excluding hydrogens is 448 g/mol. The molecule has 0 aliphatic carbocycles. The summed E-state index contributed by atoms with van der Waals surface area (Å²) in [4.78, 5) is 3.10. The molecule has 4 rings (SSSR count). The van der Waals surface area contributed by atoms with Crippen molar-refractivity contribution in [2.45, 2.75) is 18.2 Å². The van der Waals surface area contributed by atoms with Gasteiger partial charge in [-0.25, -0.2) is 26.9 Å². The molecule has 33 heavy (non-hydrogen) atoms. The number of pyridine rings is 1. The number of sulfonamides is 1. The maximum atomic E-state index is 15.1.